The molecule has 3 aromatic heterocycles. The summed E-state index contributed by atoms with van der Waals surface area (Å²) in [6.07, 6.45) is 3.47. The van der Waals surface area contributed by atoms with Gasteiger partial charge in [-0.05, 0) is 13.0 Å². The molecule has 0 radical (unpaired) electrons. The van der Waals surface area contributed by atoms with Crippen molar-refractivity contribution in [2.75, 3.05) is 5.73 Å². The van der Waals surface area contributed by atoms with Crippen molar-refractivity contribution in [3.63, 3.8) is 0 Å². The van der Waals surface area contributed by atoms with Crippen molar-refractivity contribution < 1.29 is 0 Å². The predicted molar refractivity (Wildman–Crippen MR) is 63.0 cm³/mol. The fourth-order valence-corrected chi connectivity index (χ4v) is 1.86. The van der Waals surface area contributed by atoms with Gasteiger partial charge < -0.3 is 10.3 Å². The molecule has 7 heteroatoms. The third kappa shape index (κ3) is 1.43. The predicted octanol–water partition coefficient (Wildman–Crippen LogP) is 0.818. The fourth-order valence-electron chi connectivity index (χ4n) is 1.86. The Morgan fingerprint density at radius 1 is 1.41 bits per heavy atom. The zero-order chi connectivity index (χ0) is 11.8. The van der Waals surface area contributed by atoms with Gasteiger partial charge in [0.2, 0.25) is 5.95 Å². The average molecular weight is 229 g/mol. The molecule has 3 rings (SSSR count). The van der Waals surface area contributed by atoms with Gasteiger partial charge in [-0.1, -0.05) is 0 Å². The molecule has 7 nitrogen and oxygen atoms in total. The lowest BCUT2D eigenvalue weighted by atomic mass is 10.4. The largest absolute Gasteiger partial charge is 0.366 e. The molecule has 0 amide bonds. The molecular weight excluding hydrogens is 218 g/mol. The van der Waals surface area contributed by atoms with Gasteiger partial charge in [0, 0.05) is 12.7 Å². The highest BCUT2D eigenvalue weighted by atomic mass is 15.3. The number of nitrogens with two attached hydrogens (primary N) is 1. The summed E-state index contributed by atoms with van der Waals surface area (Å²) < 4.78 is 2.04. The van der Waals surface area contributed by atoms with E-state index in [2.05, 4.69) is 25.1 Å². The lowest BCUT2D eigenvalue weighted by Crippen LogP contribution is -1.98. The van der Waals surface area contributed by atoms with Gasteiger partial charge in [-0.25, -0.2) is 4.98 Å². The van der Waals surface area contributed by atoms with E-state index in [1.807, 2.05) is 17.6 Å². The van der Waals surface area contributed by atoms with Crippen molar-refractivity contribution in [1.82, 2.24) is 29.7 Å². The van der Waals surface area contributed by atoms with Crippen LogP contribution in [0, 0.1) is 0 Å². The lowest BCUT2D eigenvalue weighted by Gasteiger charge is -2.02. The zero-order valence-corrected chi connectivity index (χ0v) is 9.25. The number of rotatable bonds is 2. The normalized spacial score (nSPS) is 11.1. The van der Waals surface area contributed by atoms with Crippen LogP contribution in [0.25, 0.3) is 22.7 Å². The van der Waals surface area contributed by atoms with Crippen LogP contribution in [0.15, 0.2) is 18.5 Å². The number of nitrogens with one attached hydrogen (secondary N) is 1. The molecule has 0 saturated carbocycles. The Balaban J connectivity index is 2.29. The van der Waals surface area contributed by atoms with E-state index in [0.717, 1.165) is 23.4 Å². The van der Waals surface area contributed by atoms with Gasteiger partial charge >= 0.3 is 0 Å². The summed E-state index contributed by atoms with van der Waals surface area (Å²) in [4.78, 5) is 12.6. The van der Waals surface area contributed by atoms with Crippen molar-refractivity contribution in [2.24, 2.45) is 0 Å². The number of imidazole rings is 1. The number of nitrogen functional groups attached to an aromatic ring is 1. The number of aromatic nitrogens is 6. The van der Waals surface area contributed by atoms with Crippen molar-refractivity contribution in [1.29, 1.82) is 0 Å². The molecule has 0 aliphatic carbocycles. The van der Waals surface area contributed by atoms with Crippen LogP contribution in [0.5, 0.6) is 0 Å². The van der Waals surface area contributed by atoms with E-state index < -0.39 is 0 Å². The monoisotopic (exact) mass is 229 g/mol. The van der Waals surface area contributed by atoms with Crippen LogP contribution in [0.2, 0.25) is 0 Å². The molecule has 0 saturated heterocycles. The third-order valence-electron chi connectivity index (χ3n) is 2.58. The maximum absolute atomic E-state index is 5.50. The highest BCUT2D eigenvalue weighted by molar-refractivity contribution is 5.78. The number of fused-ring (bicyclic) bond motifs is 1. The summed E-state index contributed by atoms with van der Waals surface area (Å²) >= 11 is 0. The molecule has 3 N–H and O–H groups in total. The Morgan fingerprint density at radius 2 is 2.29 bits per heavy atom. The van der Waals surface area contributed by atoms with Crippen molar-refractivity contribution in [3.05, 3.63) is 18.5 Å². The maximum Gasteiger partial charge on any atom is 0.239 e. The van der Waals surface area contributed by atoms with Gasteiger partial charge in [-0.2, -0.15) is 4.98 Å². The SMILES string of the molecule is CCn1c(-c2nc(N)n[nH]2)nc2cnccc21. The average Bonchev–Trinajstić information content (AvgIpc) is 2.91. The summed E-state index contributed by atoms with van der Waals surface area (Å²) in [7, 11) is 0. The van der Waals surface area contributed by atoms with E-state index in [1.165, 1.54) is 0 Å². The minimum absolute atomic E-state index is 0.216. The van der Waals surface area contributed by atoms with Crippen LogP contribution in [-0.2, 0) is 6.54 Å². The number of anilines is 1. The number of aromatic amines is 1. The van der Waals surface area contributed by atoms with Gasteiger partial charge in [-0.15, -0.1) is 5.10 Å². The second kappa shape index (κ2) is 3.55. The number of H-pyrrole nitrogens is 1. The minimum Gasteiger partial charge on any atom is -0.366 e. The van der Waals surface area contributed by atoms with E-state index >= 15 is 0 Å². The number of hydrogen-bond acceptors (Lipinski definition) is 5. The standard InChI is InChI=1S/C10H11N7/c1-2-17-7-3-4-12-5-6(7)13-9(17)8-14-10(11)16-15-8/h3-5H,2H2,1H3,(H3,11,14,15,16). The van der Waals surface area contributed by atoms with Crippen LogP contribution in [0.1, 0.15) is 6.92 Å². The van der Waals surface area contributed by atoms with E-state index in [1.54, 1.807) is 12.4 Å². The molecule has 0 bridgehead atoms. The molecular formula is C10H11N7. The van der Waals surface area contributed by atoms with Gasteiger partial charge in [-0.3, -0.25) is 10.1 Å². The summed E-state index contributed by atoms with van der Waals surface area (Å²) in [6, 6.07) is 1.93. The first-order valence-corrected chi connectivity index (χ1v) is 5.28. The molecule has 0 aliphatic rings. The van der Waals surface area contributed by atoms with E-state index in [9.17, 15) is 0 Å². The Hall–Kier alpha value is -2.44. The highest BCUT2D eigenvalue weighted by Gasteiger charge is 2.14. The number of pyridine rings is 1. The molecule has 17 heavy (non-hydrogen) atoms. The van der Waals surface area contributed by atoms with E-state index in [4.69, 9.17) is 5.73 Å². The molecule has 0 spiro atoms. The second-order valence-electron chi connectivity index (χ2n) is 3.59. The van der Waals surface area contributed by atoms with E-state index in [0.29, 0.717) is 5.82 Å². The second-order valence-corrected chi connectivity index (χ2v) is 3.59. The maximum atomic E-state index is 5.50. The Bertz CT molecular complexity index is 666. The first kappa shape index (κ1) is 9.76. The number of aryl methyl sites for hydroxylation is 1. The Morgan fingerprint density at radius 3 is 3.00 bits per heavy atom. The molecule has 0 fully saturated rings. The van der Waals surface area contributed by atoms with Gasteiger partial charge in [0.25, 0.3) is 0 Å². The summed E-state index contributed by atoms with van der Waals surface area (Å²) in [5.41, 5.74) is 7.35. The molecule has 86 valence electrons. The van der Waals surface area contributed by atoms with Gasteiger partial charge in [0.1, 0.15) is 5.52 Å². The van der Waals surface area contributed by atoms with Crippen LogP contribution < -0.4 is 5.73 Å². The zero-order valence-electron chi connectivity index (χ0n) is 9.25. The summed E-state index contributed by atoms with van der Waals surface area (Å²) in [6.45, 7) is 2.83. The Kier molecular flexibility index (Phi) is 2.04. The smallest absolute Gasteiger partial charge is 0.239 e. The summed E-state index contributed by atoms with van der Waals surface area (Å²) in [5, 5.41) is 6.58. The number of hydrogen-bond donors (Lipinski definition) is 2. The van der Waals surface area contributed by atoms with Crippen LogP contribution in [-0.4, -0.2) is 29.7 Å². The molecule has 3 heterocycles. The van der Waals surface area contributed by atoms with Gasteiger partial charge in [0.15, 0.2) is 11.6 Å². The van der Waals surface area contributed by atoms with E-state index in [-0.39, 0.29) is 5.95 Å². The molecule has 0 aromatic carbocycles. The Labute approximate surface area is 96.7 Å². The minimum atomic E-state index is 0.216. The van der Waals surface area contributed by atoms with Crippen molar-refractivity contribution in [2.45, 2.75) is 13.5 Å². The molecule has 0 unspecified atom stereocenters. The molecule has 0 aliphatic heterocycles. The fraction of sp³-hybridized carbons (Fsp3) is 0.200. The van der Waals surface area contributed by atoms with Crippen LogP contribution in [0.3, 0.4) is 0 Å². The third-order valence-corrected chi connectivity index (χ3v) is 2.58. The van der Waals surface area contributed by atoms with Crippen LogP contribution >= 0.6 is 0 Å². The first-order chi connectivity index (χ1) is 8.29. The van der Waals surface area contributed by atoms with Crippen molar-refractivity contribution in [3.8, 4) is 11.6 Å². The van der Waals surface area contributed by atoms with Gasteiger partial charge in [0.05, 0.1) is 11.7 Å². The lowest BCUT2D eigenvalue weighted by molar-refractivity contribution is 0.789. The quantitative estimate of drug-likeness (QED) is 0.677. The molecule has 3 aromatic rings. The number of nitrogens with zero attached hydrogens (tertiary/aromatic N) is 5. The summed E-state index contributed by atoms with van der Waals surface area (Å²) in [5.74, 6) is 1.51. The highest BCUT2D eigenvalue weighted by Crippen LogP contribution is 2.21. The van der Waals surface area contributed by atoms with Crippen LogP contribution in [0.4, 0.5) is 5.95 Å². The van der Waals surface area contributed by atoms with Crippen molar-refractivity contribution >= 4 is 17.0 Å². The topological polar surface area (TPSA) is 98.3 Å². The molecule has 0 atom stereocenters. The first-order valence-electron chi connectivity index (χ1n) is 5.28.